The first kappa shape index (κ1) is 22.6. The van der Waals surface area contributed by atoms with Crippen molar-refractivity contribution < 1.29 is 28.9 Å². The molecule has 5 rings (SSSR count). The molecule has 10 nitrogen and oxygen atoms in total. The van der Waals surface area contributed by atoms with Crippen LogP contribution in [-0.2, 0) is 9.53 Å². The number of piperidine rings is 1. The lowest BCUT2D eigenvalue weighted by Crippen LogP contribution is -2.49. The van der Waals surface area contributed by atoms with Crippen molar-refractivity contribution in [3.8, 4) is 11.1 Å². The predicted molar refractivity (Wildman–Crippen MR) is 124 cm³/mol. The van der Waals surface area contributed by atoms with E-state index in [0.29, 0.717) is 19.4 Å². The fraction of sp³-hybridized carbons (Fsp3) is 0.320. The molecule has 2 amide bonds. The molecule has 2 aromatic carbocycles. The summed E-state index contributed by atoms with van der Waals surface area (Å²) in [4.78, 5) is 38.6. The number of nitrogens with one attached hydrogen (secondary N) is 1. The third kappa shape index (κ3) is 4.11. The normalized spacial score (nSPS) is 19.1. The first-order chi connectivity index (χ1) is 17.0. The number of rotatable bonds is 5. The first-order valence-electron chi connectivity index (χ1n) is 11.4. The Morgan fingerprint density at radius 1 is 1.09 bits per heavy atom. The van der Waals surface area contributed by atoms with E-state index in [1.165, 1.54) is 4.90 Å². The van der Waals surface area contributed by atoms with Gasteiger partial charge in [0.05, 0.1) is 5.92 Å². The van der Waals surface area contributed by atoms with E-state index in [1.807, 2.05) is 48.5 Å². The van der Waals surface area contributed by atoms with Crippen LogP contribution in [0.3, 0.4) is 0 Å². The topological polar surface area (TPSA) is 135 Å². The summed E-state index contributed by atoms with van der Waals surface area (Å²) >= 11 is 0. The monoisotopic (exact) mass is 476 g/mol. The van der Waals surface area contributed by atoms with Crippen LogP contribution in [0, 0.1) is 5.92 Å². The zero-order valence-electron chi connectivity index (χ0n) is 19.0. The number of carbonyl (C=O) groups is 3. The SMILES string of the molecule is CC1C(C(=O)O)CCCN1C(=O)c1nonc1NC(=O)OCC1c2ccccc2-c2ccccc21. The van der Waals surface area contributed by atoms with Gasteiger partial charge in [-0.25, -0.2) is 9.42 Å². The van der Waals surface area contributed by atoms with E-state index in [2.05, 4.69) is 15.6 Å². The van der Waals surface area contributed by atoms with Crippen LogP contribution in [0.4, 0.5) is 10.6 Å². The molecule has 1 fully saturated rings. The van der Waals surface area contributed by atoms with Gasteiger partial charge in [-0.05, 0) is 52.3 Å². The van der Waals surface area contributed by atoms with Crippen molar-refractivity contribution >= 4 is 23.8 Å². The van der Waals surface area contributed by atoms with Gasteiger partial charge < -0.3 is 14.7 Å². The van der Waals surface area contributed by atoms with E-state index < -0.39 is 29.9 Å². The second kappa shape index (κ2) is 9.21. The van der Waals surface area contributed by atoms with E-state index in [-0.39, 0.29) is 24.0 Å². The molecule has 1 aromatic heterocycles. The summed E-state index contributed by atoms with van der Waals surface area (Å²) in [7, 11) is 0. The van der Waals surface area contributed by atoms with Gasteiger partial charge in [0.25, 0.3) is 5.91 Å². The Morgan fingerprint density at radius 3 is 2.40 bits per heavy atom. The summed E-state index contributed by atoms with van der Waals surface area (Å²) in [5.74, 6) is -2.47. The van der Waals surface area contributed by atoms with Crippen LogP contribution < -0.4 is 5.32 Å². The van der Waals surface area contributed by atoms with Gasteiger partial charge in [-0.3, -0.25) is 14.9 Å². The quantitative estimate of drug-likeness (QED) is 0.568. The molecule has 3 aromatic rings. The number of amides is 2. The number of carboxylic acid groups (broad SMARTS) is 1. The second-order valence-electron chi connectivity index (χ2n) is 8.74. The Hall–Kier alpha value is -4.21. The molecule has 0 bridgehead atoms. The summed E-state index contributed by atoms with van der Waals surface area (Å²) in [5.41, 5.74) is 4.18. The maximum atomic E-state index is 13.1. The largest absolute Gasteiger partial charge is 0.481 e. The third-order valence-corrected chi connectivity index (χ3v) is 6.82. The highest BCUT2D eigenvalue weighted by Crippen LogP contribution is 2.44. The highest BCUT2D eigenvalue weighted by molar-refractivity contribution is 6.00. The maximum Gasteiger partial charge on any atom is 0.412 e. The average molecular weight is 476 g/mol. The Morgan fingerprint density at radius 2 is 1.74 bits per heavy atom. The molecule has 2 aliphatic rings. The molecule has 10 heteroatoms. The molecule has 2 unspecified atom stereocenters. The number of anilines is 1. The Labute approximate surface area is 200 Å². The summed E-state index contributed by atoms with van der Waals surface area (Å²) in [5, 5.41) is 19.2. The highest BCUT2D eigenvalue weighted by Gasteiger charge is 2.38. The number of fused-ring (bicyclic) bond motifs is 3. The maximum absolute atomic E-state index is 13.1. The van der Waals surface area contributed by atoms with E-state index in [1.54, 1.807) is 6.92 Å². The summed E-state index contributed by atoms with van der Waals surface area (Å²) in [6.07, 6.45) is 0.238. The molecule has 0 radical (unpaired) electrons. The molecule has 0 saturated carbocycles. The number of benzene rings is 2. The predicted octanol–water partition coefficient (Wildman–Crippen LogP) is 3.76. The number of hydrogen-bond donors (Lipinski definition) is 2. The Bertz CT molecular complexity index is 1240. The standard InChI is InChI=1S/C25H24N4O6/c1-14-15(24(31)32)11-6-12-29(14)23(30)21-22(28-35-27-21)26-25(33)34-13-20-18-9-4-2-7-16(18)17-8-3-5-10-19(17)20/h2-5,7-10,14-15,20H,6,11-13H2,1H3,(H,31,32)(H,26,28,33). The lowest BCUT2D eigenvalue weighted by Gasteiger charge is -2.36. The second-order valence-corrected chi connectivity index (χ2v) is 8.74. The minimum atomic E-state index is -0.953. The zero-order valence-corrected chi connectivity index (χ0v) is 19.0. The van der Waals surface area contributed by atoms with Crippen molar-refractivity contribution in [2.24, 2.45) is 5.92 Å². The minimum Gasteiger partial charge on any atom is -0.481 e. The van der Waals surface area contributed by atoms with Crippen molar-refractivity contribution in [2.45, 2.75) is 31.7 Å². The van der Waals surface area contributed by atoms with Crippen molar-refractivity contribution in [2.75, 3.05) is 18.5 Å². The average Bonchev–Trinajstić information content (AvgIpc) is 3.44. The van der Waals surface area contributed by atoms with E-state index >= 15 is 0 Å². The minimum absolute atomic E-state index is 0.0951. The van der Waals surface area contributed by atoms with Gasteiger partial charge in [0.2, 0.25) is 11.5 Å². The molecule has 1 saturated heterocycles. The first-order valence-corrected chi connectivity index (χ1v) is 11.4. The van der Waals surface area contributed by atoms with Crippen LogP contribution in [0.2, 0.25) is 0 Å². The van der Waals surface area contributed by atoms with E-state index in [0.717, 1.165) is 22.3 Å². The number of ether oxygens (including phenoxy) is 1. The van der Waals surface area contributed by atoms with E-state index in [9.17, 15) is 19.5 Å². The molecule has 1 aliphatic heterocycles. The molecular weight excluding hydrogens is 452 g/mol. The number of hydrogen-bond acceptors (Lipinski definition) is 7. The number of nitrogens with zero attached hydrogens (tertiary/aromatic N) is 3. The van der Waals surface area contributed by atoms with Gasteiger partial charge in [-0.1, -0.05) is 48.5 Å². The van der Waals surface area contributed by atoms with Gasteiger partial charge in [-0.15, -0.1) is 0 Å². The molecule has 2 N–H and O–H groups in total. The lowest BCUT2D eigenvalue weighted by atomic mass is 9.90. The van der Waals surface area contributed by atoms with Gasteiger partial charge in [0.1, 0.15) is 6.61 Å². The van der Waals surface area contributed by atoms with Gasteiger partial charge >= 0.3 is 12.1 Å². The number of aliphatic carboxylic acids is 1. The van der Waals surface area contributed by atoms with Crippen LogP contribution in [0.1, 0.15) is 47.3 Å². The molecule has 1 aliphatic carbocycles. The number of carboxylic acids is 1. The van der Waals surface area contributed by atoms with Crippen LogP contribution in [0.15, 0.2) is 53.2 Å². The summed E-state index contributed by atoms with van der Waals surface area (Å²) < 4.78 is 10.2. The van der Waals surface area contributed by atoms with Crippen molar-refractivity contribution in [3.05, 3.63) is 65.4 Å². The smallest absolute Gasteiger partial charge is 0.412 e. The number of carbonyl (C=O) groups excluding carboxylic acids is 2. The van der Waals surface area contributed by atoms with Crippen LogP contribution in [0.25, 0.3) is 11.1 Å². The molecule has 0 spiro atoms. The fourth-order valence-corrected chi connectivity index (χ4v) is 5.04. The fourth-order valence-electron chi connectivity index (χ4n) is 5.04. The van der Waals surface area contributed by atoms with Crippen molar-refractivity contribution in [1.29, 1.82) is 0 Å². The van der Waals surface area contributed by atoms with Gasteiger partial charge in [0, 0.05) is 18.5 Å². The Kier molecular flexibility index (Phi) is 5.94. The molecule has 180 valence electrons. The Balaban J connectivity index is 1.27. The zero-order chi connectivity index (χ0) is 24.5. The lowest BCUT2D eigenvalue weighted by molar-refractivity contribution is -0.145. The van der Waals surface area contributed by atoms with Gasteiger partial charge in [-0.2, -0.15) is 0 Å². The van der Waals surface area contributed by atoms with Crippen LogP contribution in [-0.4, -0.2) is 57.5 Å². The molecule has 2 heterocycles. The van der Waals surface area contributed by atoms with E-state index in [4.69, 9.17) is 9.37 Å². The molecule has 35 heavy (non-hydrogen) atoms. The highest BCUT2D eigenvalue weighted by atomic mass is 16.6. The molecular formula is C25H24N4O6. The molecule has 2 atom stereocenters. The van der Waals surface area contributed by atoms with Crippen molar-refractivity contribution in [3.63, 3.8) is 0 Å². The van der Waals surface area contributed by atoms with Gasteiger partial charge in [0.15, 0.2) is 0 Å². The van der Waals surface area contributed by atoms with Crippen LogP contribution >= 0.6 is 0 Å². The summed E-state index contributed by atoms with van der Waals surface area (Å²) in [6, 6.07) is 15.4. The summed E-state index contributed by atoms with van der Waals surface area (Å²) in [6.45, 7) is 2.15. The van der Waals surface area contributed by atoms with Crippen LogP contribution in [0.5, 0.6) is 0 Å². The number of aromatic nitrogens is 2. The number of likely N-dealkylation sites (tertiary alicyclic amines) is 1. The third-order valence-electron chi connectivity index (χ3n) is 6.82. The van der Waals surface area contributed by atoms with Crippen molar-refractivity contribution in [1.82, 2.24) is 15.2 Å².